The van der Waals surface area contributed by atoms with E-state index in [1.54, 1.807) is 53.3 Å². The van der Waals surface area contributed by atoms with Crippen LogP contribution in [0.2, 0.25) is 5.02 Å². The highest BCUT2D eigenvalue weighted by molar-refractivity contribution is 8.73. The predicted molar refractivity (Wildman–Crippen MR) is 176 cm³/mol. The summed E-state index contributed by atoms with van der Waals surface area (Å²) >= 11 is 15.6. The molecule has 0 saturated heterocycles. The lowest BCUT2D eigenvalue weighted by Crippen LogP contribution is -2.25. The minimum absolute atomic E-state index is 0.116. The molecule has 0 atom stereocenters. The molecule has 1 amide bonds. The number of carbonyl (C=O) groups excluding carboxylic acids is 3. The van der Waals surface area contributed by atoms with Crippen LogP contribution < -0.4 is 10.1 Å². The molecule has 212 valence electrons. The van der Waals surface area contributed by atoms with E-state index in [-0.39, 0.29) is 45.4 Å². The Morgan fingerprint density at radius 2 is 1.58 bits per heavy atom. The van der Waals surface area contributed by atoms with Crippen molar-refractivity contribution in [2.24, 2.45) is 0 Å². The molecule has 2 rings (SSSR count). The number of carbonyl (C=O) groups is 3. The van der Waals surface area contributed by atoms with Gasteiger partial charge in [0.05, 0.1) is 10.8 Å². The molecule has 0 unspecified atom stereocenters. The monoisotopic (exact) mass is 749 g/mol. The lowest BCUT2D eigenvalue weighted by Gasteiger charge is -2.18. The topological polar surface area (TPSA) is 127 Å². The van der Waals surface area contributed by atoms with Crippen molar-refractivity contribution in [1.82, 2.24) is 5.32 Å². The second kappa shape index (κ2) is 19.0. The van der Waals surface area contributed by atoms with E-state index in [4.69, 9.17) is 16.3 Å². The Morgan fingerprint density at radius 3 is 2.05 bits per heavy atom. The molecule has 1 fully saturated rings. The van der Waals surface area contributed by atoms with Gasteiger partial charge in [0.15, 0.2) is 33.8 Å². The number of Topliss-reactive ketones (excluding diaryl/α,β-unsaturated/α-hetero) is 2. The fourth-order valence-corrected chi connectivity index (χ4v) is 20.6. The number of sulfone groups is 1. The van der Waals surface area contributed by atoms with E-state index in [0.717, 1.165) is 6.07 Å². The summed E-state index contributed by atoms with van der Waals surface area (Å²) in [6.07, 6.45) is 0.631. The fourth-order valence-electron chi connectivity index (χ4n) is 2.75. The highest BCUT2D eigenvalue weighted by Gasteiger charge is 2.30. The van der Waals surface area contributed by atoms with Gasteiger partial charge in [0.1, 0.15) is 16.2 Å². The molecule has 0 aromatic heterocycles. The number of rotatable bonds is 6. The van der Waals surface area contributed by atoms with Crippen LogP contribution >= 0.6 is 11.6 Å². The van der Waals surface area contributed by atoms with E-state index in [0.29, 0.717) is 6.42 Å². The molecule has 1 aliphatic rings. The van der Waals surface area contributed by atoms with Gasteiger partial charge < -0.3 is 15.2 Å². The summed E-state index contributed by atoms with van der Waals surface area (Å²) in [7, 11) is 10.3. The molecule has 1 aromatic carbocycles. The molecule has 0 spiro atoms. The summed E-state index contributed by atoms with van der Waals surface area (Å²) < 4.78 is 30.0. The van der Waals surface area contributed by atoms with Crippen molar-refractivity contribution >= 4 is 138 Å². The zero-order chi connectivity index (χ0) is 28.7. The molecule has 20 heteroatoms. The summed E-state index contributed by atoms with van der Waals surface area (Å²) in [5.74, 6) is -2.76. The highest BCUT2D eigenvalue weighted by atomic mass is 35.5. The molecular weight excluding hydrogens is 730 g/mol. The van der Waals surface area contributed by atoms with Gasteiger partial charge in [-0.2, -0.15) is 0 Å². The second-order valence-electron chi connectivity index (χ2n) is 6.59. The Hall–Kier alpha value is -0.190. The summed E-state index contributed by atoms with van der Waals surface area (Å²) in [6, 6.07) is 2.36. The molecule has 1 aliphatic carbocycles. The van der Waals surface area contributed by atoms with E-state index in [1.165, 1.54) is 37.8 Å². The third-order valence-corrected chi connectivity index (χ3v) is 22.1. The van der Waals surface area contributed by atoms with Crippen molar-refractivity contribution in [1.29, 1.82) is 0 Å². The molecule has 1 aromatic rings. The van der Waals surface area contributed by atoms with Crippen LogP contribution in [0.5, 0.6) is 5.75 Å². The third kappa shape index (κ3) is 11.4. The van der Waals surface area contributed by atoms with Crippen molar-refractivity contribution in [3.63, 3.8) is 0 Å². The van der Waals surface area contributed by atoms with E-state index < -0.39 is 39.7 Å². The van der Waals surface area contributed by atoms with Gasteiger partial charge in [0, 0.05) is 119 Å². The highest BCUT2D eigenvalue weighted by Crippen LogP contribution is 2.39. The van der Waals surface area contributed by atoms with Crippen LogP contribution in [0.1, 0.15) is 31.7 Å². The smallest absolute Gasteiger partial charge is 0.257 e. The Kier molecular flexibility index (Phi) is 17.9. The van der Waals surface area contributed by atoms with Crippen LogP contribution in [0.4, 0.5) is 0 Å². The normalized spacial score (nSPS) is 12.7. The average Bonchev–Trinajstić information content (AvgIpc) is 2.89. The Bertz CT molecular complexity index is 1530. The maximum atomic E-state index is 12.4. The van der Waals surface area contributed by atoms with E-state index in [2.05, 4.69) is 27.7 Å². The molecule has 0 heterocycles. The van der Waals surface area contributed by atoms with Crippen LogP contribution in [0.15, 0.2) is 22.6 Å². The molecule has 0 bridgehead atoms. The number of likely N-dealkylation sites (N-methyl/N-ethyl adjacent to an activating group) is 1. The van der Waals surface area contributed by atoms with Crippen LogP contribution in [-0.4, -0.2) is 50.4 Å². The predicted octanol–water partition coefficient (Wildman–Crippen LogP) is 1.83. The Labute approximate surface area is 257 Å². The van der Waals surface area contributed by atoms with Crippen molar-refractivity contribution < 1.29 is 32.6 Å². The molecule has 1 saturated carbocycles. The van der Waals surface area contributed by atoms with Crippen LogP contribution in [0, 0.1) is 0 Å². The van der Waals surface area contributed by atoms with Gasteiger partial charge in [-0.3, -0.25) is 14.4 Å². The number of aliphatic hydroxyl groups excluding tert-OH is 1. The van der Waals surface area contributed by atoms with E-state index >= 15 is 0 Å². The molecule has 0 aliphatic heterocycles. The van der Waals surface area contributed by atoms with Crippen molar-refractivity contribution in [3.8, 4) is 5.75 Å². The van der Waals surface area contributed by atoms with Crippen LogP contribution in [-0.2, 0) is 118 Å². The first-order valence-electron chi connectivity index (χ1n) is 10.0. The van der Waals surface area contributed by atoms with Gasteiger partial charge in [-0.05, 0) is 18.6 Å². The van der Waals surface area contributed by atoms with Gasteiger partial charge in [-0.15, -0.1) is 0 Å². The lowest BCUT2D eigenvalue weighted by atomic mass is 9.90. The molecule has 0 radical (unpaired) electrons. The Morgan fingerprint density at radius 1 is 1.05 bits per heavy atom. The molecule has 8 nitrogen and oxygen atoms in total. The molecular formula is C18H20ClNO7S11. The first-order chi connectivity index (χ1) is 18.0. The number of hydrogen-bond donors (Lipinski definition) is 2. The van der Waals surface area contributed by atoms with E-state index in [1.807, 2.05) is 0 Å². The van der Waals surface area contributed by atoms with Crippen LogP contribution in [0.25, 0.3) is 5.76 Å². The van der Waals surface area contributed by atoms with Gasteiger partial charge in [-0.25, -0.2) is 8.42 Å². The first-order valence-corrected chi connectivity index (χ1v) is 24.1. The minimum atomic E-state index is -3.77. The number of ether oxygens (including phenoxy) is 1. The van der Waals surface area contributed by atoms with Gasteiger partial charge in [-0.1, -0.05) is 18.5 Å². The Balaban J connectivity index is 0.000000612. The fraction of sp³-hybridized carbons (Fsp3) is 0.389. The summed E-state index contributed by atoms with van der Waals surface area (Å²) in [4.78, 5) is 35.4. The summed E-state index contributed by atoms with van der Waals surface area (Å²) in [5.41, 5.74) is -0.487. The first kappa shape index (κ1) is 35.8. The van der Waals surface area contributed by atoms with Crippen molar-refractivity contribution in [3.05, 3.63) is 28.3 Å². The van der Waals surface area contributed by atoms with Crippen molar-refractivity contribution in [2.75, 3.05) is 19.4 Å². The number of halogens is 1. The maximum Gasteiger partial charge on any atom is 0.257 e. The second-order valence-corrected chi connectivity index (χ2v) is 23.4. The van der Waals surface area contributed by atoms with Gasteiger partial charge in [0.2, 0.25) is 0 Å². The largest absolute Gasteiger partial charge is 0.506 e. The SMILES string of the molecule is CCS(=O)(=O)c1ccc(C(O)=C2C(=O)CCCC2=O)c(Cl)c1OCC(=O)NC.S=S=S=S=S=S=S=S=S=S. The quantitative estimate of drug-likeness (QED) is 0.255. The maximum absolute atomic E-state index is 12.4. The van der Waals surface area contributed by atoms with E-state index in [9.17, 15) is 27.9 Å². The number of hydrogen-bond acceptors (Lipinski definition) is 9. The number of allylic oxidation sites excluding steroid dienone is 1. The minimum Gasteiger partial charge on any atom is -0.506 e. The number of aliphatic hydroxyl groups is 1. The zero-order valence-corrected chi connectivity index (χ0v) is 29.2. The van der Waals surface area contributed by atoms with Crippen molar-refractivity contribution in [2.45, 2.75) is 31.1 Å². The molecule has 38 heavy (non-hydrogen) atoms. The third-order valence-electron chi connectivity index (χ3n) is 4.45. The number of ketones is 2. The van der Waals surface area contributed by atoms with Gasteiger partial charge in [0.25, 0.3) is 5.91 Å². The number of amides is 1. The van der Waals surface area contributed by atoms with Crippen LogP contribution in [0.3, 0.4) is 0 Å². The standard InChI is InChI=1S/C18H20ClNO7S.S10/c1-3-28(25,26)13-8-7-10(16(19)18(13)27-9-14(23)20-2)17(24)15-11(21)5-4-6-12(15)22;1-3-5-7-9-10-8-6-4-2/h7-8,24H,3-6,9H2,1-2H3,(H,20,23);. The average molecular weight is 751 g/mol. The summed E-state index contributed by atoms with van der Waals surface area (Å²) in [6.45, 7) is 0.916. The summed E-state index contributed by atoms with van der Waals surface area (Å²) in [5, 5.41) is 12.5. The zero-order valence-electron chi connectivity index (χ0n) is 19.5. The van der Waals surface area contributed by atoms with Gasteiger partial charge >= 0.3 is 0 Å². The molecule has 2 N–H and O–H groups in total. The lowest BCUT2D eigenvalue weighted by molar-refractivity contribution is -0.124. The number of nitrogens with one attached hydrogen (secondary N) is 1. The number of benzene rings is 1.